The predicted molar refractivity (Wildman–Crippen MR) is 97.0 cm³/mol. The standard InChI is InChI=1S/C18H19FN2O5S/c1-12-6-8-15(9-7-12)21-18(23)13(2)26-17(22)11-20-27(24,25)16-5-3-4-14(19)10-16/h3-10,13,20H,11H2,1-2H3,(H,21,23)/t13-/m1/s1. The highest BCUT2D eigenvalue weighted by atomic mass is 32.2. The zero-order chi connectivity index (χ0) is 20.0. The Hall–Kier alpha value is -2.78. The number of esters is 1. The van der Waals surface area contributed by atoms with Crippen LogP contribution in [0.25, 0.3) is 0 Å². The topological polar surface area (TPSA) is 102 Å². The molecule has 2 rings (SSSR count). The number of carbonyl (C=O) groups is 2. The molecule has 0 unspecified atom stereocenters. The first-order valence-electron chi connectivity index (χ1n) is 7.99. The van der Waals surface area contributed by atoms with E-state index in [1.54, 1.807) is 12.1 Å². The van der Waals surface area contributed by atoms with Crippen molar-refractivity contribution in [1.29, 1.82) is 0 Å². The number of benzene rings is 2. The molecule has 0 bridgehead atoms. The van der Waals surface area contributed by atoms with Crippen molar-refractivity contribution >= 4 is 27.6 Å². The minimum atomic E-state index is -4.08. The first kappa shape index (κ1) is 20.5. The molecule has 0 aliphatic carbocycles. The summed E-state index contributed by atoms with van der Waals surface area (Å²) >= 11 is 0. The van der Waals surface area contributed by atoms with Crippen LogP contribution in [-0.2, 0) is 24.3 Å². The van der Waals surface area contributed by atoms with Gasteiger partial charge in [0.2, 0.25) is 10.0 Å². The number of sulfonamides is 1. The van der Waals surface area contributed by atoms with E-state index >= 15 is 0 Å². The molecule has 2 aromatic carbocycles. The van der Waals surface area contributed by atoms with Crippen molar-refractivity contribution < 1.29 is 27.1 Å². The van der Waals surface area contributed by atoms with E-state index in [4.69, 9.17) is 4.74 Å². The van der Waals surface area contributed by atoms with Crippen LogP contribution in [0.1, 0.15) is 12.5 Å². The molecule has 0 aliphatic rings. The SMILES string of the molecule is Cc1ccc(NC(=O)[C@@H](C)OC(=O)CNS(=O)(=O)c2cccc(F)c2)cc1. The van der Waals surface area contributed by atoms with Gasteiger partial charge in [0, 0.05) is 5.69 Å². The summed E-state index contributed by atoms with van der Waals surface area (Å²) in [6, 6.07) is 11.4. The van der Waals surface area contributed by atoms with E-state index in [1.807, 2.05) is 23.8 Å². The van der Waals surface area contributed by atoms with Gasteiger partial charge in [-0.25, -0.2) is 12.8 Å². The van der Waals surface area contributed by atoms with Crippen molar-refractivity contribution in [1.82, 2.24) is 4.72 Å². The van der Waals surface area contributed by atoms with Gasteiger partial charge in [0.05, 0.1) is 4.90 Å². The second-order valence-electron chi connectivity index (χ2n) is 5.77. The average Bonchev–Trinajstić information content (AvgIpc) is 2.62. The molecular weight excluding hydrogens is 375 g/mol. The molecule has 0 saturated carbocycles. The number of carbonyl (C=O) groups excluding carboxylic acids is 2. The molecule has 0 radical (unpaired) electrons. The number of hydrogen-bond acceptors (Lipinski definition) is 5. The van der Waals surface area contributed by atoms with Crippen molar-refractivity contribution in [3.63, 3.8) is 0 Å². The molecule has 27 heavy (non-hydrogen) atoms. The number of anilines is 1. The molecule has 2 aromatic rings. The van der Waals surface area contributed by atoms with E-state index in [0.717, 1.165) is 17.7 Å². The number of aryl methyl sites for hydroxylation is 1. The largest absolute Gasteiger partial charge is 0.452 e. The van der Waals surface area contributed by atoms with Gasteiger partial charge in [-0.1, -0.05) is 23.8 Å². The Labute approximate surface area is 156 Å². The molecule has 1 amide bonds. The lowest BCUT2D eigenvalue weighted by molar-refractivity contribution is -0.151. The lowest BCUT2D eigenvalue weighted by atomic mass is 10.2. The molecule has 2 N–H and O–H groups in total. The van der Waals surface area contributed by atoms with Gasteiger partial charge in [-0.15, -0.1) is 0 Å². The Morgan fingerprint density at radius 1 is 1.15 bits per heavy atom. The summed E-state index contributed by atoms with van der Waals surface area (Å²) in [6.45, 7) is 2.57. The Kier molecular flexibility index (Phi) is 6.65. The molecule has 7 nitrogen and oxygen atoms in total. The summed E-state index contributed by atoms with van der Waals surface area (Å²) in [5, 5.41) is 2.58. The molecule has 9 heteroatoms. The van der Waals surface area contributed by atoms with Crippen LogP contribution in [0, 0.1) is 12.7 Å². The van der Waals surface area contributed by atoms with E-state index in [0.29, 0.717) is 5.69 Å². The second-order valence-corrected chi connectivity index (χ2v) is 7.54. The maximum absolute atomic E-state index is 13.1. The van der Waals surface area contributed by atoms with Crippen molar-refractivity contribution in [3.05, 3.63) is 59.9 Å². The third kappa shape index (κ3) is 6.15. The predicted octanol–water partition coefficient (Wildman–Crippen LogP) is 1.98. The number of nitrogens with one attached hydrogen (secondary N) is 2. The average molecular weight is 394 g/mol. The first-order valence-corrected chi connectivity index (χ1v) is 9.48. The van der Waals surface area contributed by atoms with Crippen LogP contribution >= 0.6 is 0 Å². The molecule has 0 aliphatic heterocycles. The van der Waals surface area contributed by atoms with Gasteiger partial charge in [-0.05, 0) is 44.2 Å². The van der Waals surface area contributed by atoms with E-state index in [2.05, 4.69) is 5.32 Å². The second kappa shape index (κ2) is 8.74. The lowest BCUT2D eigenvalue weighted by Gasteiger charge is -2.14. The van der Waals surface area contributed by atoms with Gasteiger partial charge in [0.25, 0.3) is 5.91 Å². The van der Waals surface area contributed by atoms with Crippen LogP contribution in [0.3, 0.4) is 0 Å². The molecule has 144 valence electrons. The fourth-order valence-corrected chi connectivity index (χ4v) is 3.04. The van der Waals surface area contributed by atoms with E-state index < -0.39 is 40.4 Å². The van der Waals surface area contributed by atoms with Gasteiger partial charge in [0.15, 0.2) is 6.10 Å². The summed E-state index contributed by atoms with van der Waals surface area (Å²) < 4.78 is 44.1. The van der Waals surface area contributed by atoms with Gasteiger partial charge >= 0.3 is 5.97 Å². The quantitative estimate of drug-likeness (QED) is 0.700. The third-order valence-electron chi connectivity index (χ3n) is 3.51. The van der Waals surface area contributed by atoms with Crippen LogP contribution in [-0.4, -0.2) is 32.9 Å². The Morgan fingerprint density at radius 3 is 2.44 bits per heavy atom. The zero-order valence-electron chi connectivity index (χ0n) is 14.7. The van der Waals surface area contributed by atoms with E-state index in [1.165, 1.54) is 19.1 Å². The third-order valence-corrected chi connectivity index (χ3v) is 4.91. The molecule has 0 aromatic heterocycles. The highest BCUT2D eigenvalue weighted by Crippen LogP contribution is 2.11. The Bertz CT molecular complexity index is 929. The maximum Gasteiger partial charge on any atom is 0.321 e. The van der Waals surface area contributed by atoms with Crippen LogP contribution in [0.2, 0.25) is 0 Å². The number of amides is 1. The summed E-state index contributed by atoms with van der Waals surface area (Å²) in [4.78, 5) is 23.5. The van der Waals surface area contributed by atoms with Crippen LogP contribution in [0.5, 0.6) is 0 Å². The monoisotopic (exact) mass is 394 g/mol. The molecule has 0 spiro atoms. The molecule has 0 heterocycles. The highest BCUT2D eigenvalue weighted by molar-refractivity contribution is 7.89. The van der Waals surface area contributed by atoms with Crippen molar-refractivity contribution in [2.24, 2.45) is 0 Å². The van der Waals surface area contributed by atoms with Crippen molar-refractivity contribution in [2.75, 3.05) is 11.9 Å². The molecule has 0 saturated heterocycles. The minimum absolute atomic E-state index is 0.319. The Morgan fingerprint density at radius 2 is 1.81 bits per heavy atom. The van der Waals surface area contributed by atoms with Crippen LogP contribution < -0.4 is 10.0 Å². The number of hydrogen-bond donors (Lipinski definition) is 2. The number of ether oxygens (including phenoxy) is 1. The minimum Gasteiger partial charge on any atom is -0.452 e. The van der Waals surface area contributed by atoms with Gasteiger partial charge in [-0.3, -0.25) is 9.59 Å². The summed E-state index contributed by atoms with van der Waals surface area (Å²) in [7, 11) is -4.08. The van der Waals surface area contributed by atoms with Crippen LogP contribution in [0.15, 0.2) is 53.4 Å². The summed E-state index contributed by atoms with van der Waals surface area (Å²) in [6.07, 6.45) is -1.13. The number of halogens is 1. The number of rotatable bonds is 7. The summed E-state index contributed by atoms with van der Waals surface area (Å²) in [5.74, 6) is -2.22. The highest BCUT2D eigenvalue weighted by Gasteiger charge is 2.21. The molecule has 0 fully saturated rings. The van der Waals surface area contributed by atoms with Crippen molar-refractivity contribution in [3.8, 4) is 0 Å². The van der Waals surface area contributed by atoms with Crippen LogP contribution in [0.4, 0.5) is 10.1 Å². The van der Waals surface area contributed by atoms with E-state index in [-0.39, 0.29) is 4.90 Å². The molecule has 1 atom stereocenters. The van der Waals surface area contributed by atoms with E-state index in [9.17, 15) is 22.4 Å². The first-order chi connectivity index (χ1) is 12.7. The fraction of sp³-hybridized carbons (Fsp3) is 0.222. The molecular formula is C18H19FN2O5S. The Balaban J connectivity index is 1.87. The lowest BCUT2D eigenvalue weighted by Crippen LogP contribution is -2.35. The van der Waals surface area contributed by atoms with Gasteiger partial charge in [-0.2, -0.15) is 4.72 Å². The van der Waals surface area contributed by atoms with Crippen molar-refractivity contribution in [2.45, 2.75) is 24.8 Å². The smallest absolute Gasteiger partial charge is 0.321 e. The zero-order valence-corrected chi connectivity index (χ0v) is 15.5. The van der Waals surface area contributed by atoms with Gasteiger partial charge in [0.1, 0.15) is 12.4 Å². The van der Waals surface area contributed by atoms with Gasteiger partial charge < -0.3 is 10.1 Å². The fourth-order valence-electron chi connectivity index (χ4n) is 2.04. The maximum atomic E-state index is 13.1. The normalized spacial score (nSPS) is 12.3. The summed E-state index contributed by atoms with van der Waals surface area (Å²) in [5.41, 5.74) is 1.57.